The Morgan fingerprint density at radius 1 is 1.56 bits per heavy atom. The van der Waals surface area contributed by atoms with Crippen molar-refractivity contribution in [2.75, 3.05) is 18.9 Å². The highest BCUT2D eigenvalue weighted by Crippen LogP contribution is 2.22. The molecule has 1 heterocycles. The molecule has 1 N–H and O–H groups in total. The summed E-state index contributed by atoms with van der Waals surface area (Å²) in [4.78, 5) is 13.3. The molecule has 1 aromatic rings. The number of nitrogens with zero attached hydrogens (tertiary/aromatic N) is 1. The van der Waals surface area contributed by atoms with Crippen LogP contribution in [0.4, 0.5) is 10.1 Å². The Morgan fingerprint density at radius 2 is 2.31 bits per heavy atom. The van der Waals surface area contributed by atoms with Crippen molar-refractivity contribution >= 4 is 27.5 Å². The van der Waals surface area contributed by atoms with E-state index in [1.165, 1.54) is 6.07 Å². The zero-order valence-electron chi connectivity index (χ0n) is 8.84. The number of rotatable bonds is 2. The van der Waals surface area contributed by atoms with Gasteiger partial charge in [-0.15, -0.1) is 0 Å². The molecule has 0 aromatic heterocycles. The molecule has 5 heteroatoms. The van der Waals surface area contributed by atoms with Gasteiger partial charge in [0.2, 0.25) is 5.91 Å². The van der Waals surface area contributed by atoms with Crippen LogP contribution in [-0.4, -0.2) is 30.4 Å². The van der Waals surface area contributed by atoms with Gasteiger partial charge < -0.3 is 10.2 Å². The van der Waals surface area contributed by atoms with Crippen molar-refractivity contribution < 1.29 is 9.18 Å². The molecule has 1 aliphatic heterocycles. The number of benzene rings is 1. The lowest BCUT2D eigenvalue weighted by Crippen LogP contribution is -2.30. The average molecular weight is 287 g/mol. The maximum absolute atomic E-state index is 13.0. The summed E-state index contributed by atoms with van der Waals surface area (Å²) in [6, 6.07) is 4.45. The van der Waals surface area contributed by atoms with Gasteiger partial charge in [0.1, 0.15) is 11.9 Å². The Labute approximate surface area is 102 Å². The number of hydrogen-bond acceptors (Lipinski definition) is 2. The number of likely N-dealkylation sites (N-methyl/N-ethyl adjacent to an activating group) is 1. The Balaban J connectivity index is 2.10. The number of hydrogen-bond donors (Lipinski definition) is 1. The first-order valence-corrected chi connectivity index (χ1v) is 5.84. The molecule has 1 fully saturated rings. The Bertz CT molecular complexity index is 424. The Kier molecular flexibility index (Phi) is 3.14. The fourth-order valence-corrected chi connectivity index (χ4v) is 2.12. The van der Waals surface area contributed by atoms with Crippen LogP contribution in [0.25, 0.3) is 0 Å². The molecular formula is C11H12BrFN2O. The molecule has 3 nitrogen and oxygen atoms in total. The SMILES string of the molecule is CN1CCC(Nc2ccc(F)c(Br)c2)C1=O. The molecular weight excluding hydrogens is 275 g/mol. The van der Waals surface area contributed by atoms with Gasteiger partial charge in [-0.05, 0) is 40.5 Å². The van der Waals surface area contributed by atoms with Crippen LogP contribution in [0, 0.1) is 5.82 Å². The summed E-state index contributed by atoms with van der Waals surface area (Å²) in [5.74, 6) is -0.221. The highest BCUT2D eigenvalue weighted by molar-refractivity contribution is 9.10. The first-order valence-electron chi connectivity index (χ1n) is 5.04. The van der Waals surface area contributed by atoms with Crippen molar-refractivity contribution in [3.8, 4) is 0 Å². The van der Waals surface area contributed by atoms with E-state index < -0.39 is 0 Å². The summed E-state index contributed by atoms with van der Waals surface area (Å²) in [5.41, 5.74) is 0.752. The maximum atomic E-state index is 13.0. The summed E-state index contributed by atoms with van der Waals surface area (Å²) >= 11 is 3.11. The summed E-state index contributed by atoms with van der Waals surface area (Å²) < 4.78 is 13.4. The number of likely N-dealkylation sites (tertiary alicyclic amines) is 1. The fraction of sp³-hybridized carbons (Fsp3) is 0.364. The maximum Gasteiger partial charge on any atom is 0.244 e. The van der Waals surface area contributed by atoms with Crippen LogP contribution in [0.3, 0.4) is 0 Å². The van der Waals surface area contributed by atoms with Gasteiger partial charge in [-0.3, -0.25) is 4.79 Å². The van der Waals surface area contributed by atoms with E-state index in [-0.39, 0.29) is 17.8 Å². The molecule has 0 saturated carbocycles. The lowest BCUT2D eigenvalue weighted by atomic mass is 10.2. The van der Waals surface area contributed by atoms with E-state index in [9.17, 15) is 9.18 Å². The number of amides is 1. The van der Waals surface area contributed by atoms with Gasteiger partial charge in [-0.2, -0.15) is 0 Å². The molecule has 0 radical (unpaired) electrons. The van der Waals surface area contributed by atoms with E-state index in [1.807, 2.05) is 0 Å². The van der Waals surface area contributed by atoms with Crippen LogP contribution in [0.5, 0.6) is 0 Å². The highest BCUT2D eigenvalue weighted by atomic mass is 79.9. The number of carbonyl (C=O) groups is 1. The Hall–Kier alpha value is -1.10. The largest absolute Gasteiger partial charge is 0.374 e. The molecule has 1 atom stereocenters. The zero-order valence-corrected chi connectivity index (χ0v) is 10.4. The van der Waals surface area contributed by atoms with Gasteiger partial charge in [-0.1, -0.05) is 0 Å². The first kappa shape index (κ1) is 11.4. The van der Waals surface area contributed by atoms with Crippen molar-refractivity contribution in [3.05, 3.63) is 28.5 Å². The van der Waals surface area contributed by atoms with Gasteiger partial charge in [0.15, 0.2) is 0 Å². The predicted molar refractivity (Wildman–Crippen MR) is 63.8 cm³/mol. The van der Waals surface area contributed by atoms with E-state index in [1.54, 1.807) is 24.1 Å². The first-order chi connectivity index (χ1) is 7.58. The number of halogens is 2. The molecule has 0 bridgehead atoms. The summed E-state index contributed by atoms with van der Waals surface area (Å²) in [6.07, 6.45) is 0.782. The van der Waals surface area contributed by atoms with Gasteiger partial charge in [0.25, 0.3) is 0 Å². The minimum atomic E-state index is -0.305. The molecule has 1 saturated heterocycles. The third-order valence-corrected chi connectivity index (χ3v) is 3.30. The third kappa shape index (κ3) is 2.19. The van der Waals surface area contributed by atoms with E-state index in [2.05, 4.69) is 21.2 Å². The summed E-state index contributed by atoms with van der Waals surface area (Å²) in [6.45, 7) is 0.763. The van der Waals surface area contributed by atoms with Crippen molar-refractivity contribution in [2.45, 2.75) is 12.5 Å². The smallest absolute Gasteiger partial charge is 0.244 e. The molecule has 16 heavy (non-hydrogen) atoms. The molecule has 1 aromatic carbocycles. The predicted octanol–water partition coefficient (Wildman–Crippen LogP) is 2.23. The minimum absolute atomic E-state index is 0.0837. The van der Waals surface area contributed by atoms with Gasteiger partial charge in [0.05, 0.1) is 4.47 Å². The molecule has 86 valence electrons. The average Bonchev–Trinajstić information content (AvgIpc) is 2.55. The molecule has 2 rings (SSSR count). The molecule has 1 amide bonds. The van der Waals surface area contributed by atoms with E-state index >= 15 is 0 Å². The second-order valence-corrected chi connectivity index (χ2v) is 4.73. The van der Waals surface area contributed by atoms with Crippen LogP contribution in [-0.2, 0) is 4.79 Å². The van der Waals surface area contributed by atoms with Crippen molar-refractivity contribution in [3.63, 3.8) is 0 Å². The summed E-state index contributed by atoms with van der Waals surface area (Å²) in [7, 11) is 1.78. The normalized spacial score (nSPS) is 20.3. The van der Waals surface area contributed by atoms with Crippen LogP contribution >= 0.6 is 15.9 Å². The van der Waals surface area contributed by atoms with Crippen LogP contribution in [0.1, 0.15) is 6.42 Å². The van der Waals surface area contributed by atoms with E-state index in [0.717, 1.165) is 18.7 Å². The molecule has 0 spiro atoms. The van der Waals surface area contributed by atoms with Crippen LogP contribution in [0.2, 0.25) is 0 Å². The molecule has 0 aliphatic carbocycles. The minimum Gasteiger partial charge on any atom is -0.374 e. The Morgan fingerprint density at radius 3 is 2.88 bits per heavy atom. The second kappa shape index (κ2) is 4.41. The number of carbonyl (C=O) groups excluding carboxylic acids is 1. The van der Waals surface area contributed by atoms with Gasteiger partial charge in [-0.25, -0.2) is 4.39 Å². The second-order valence-electron chi connectivity index (χ2n) is 3.87. The lowest BCUT2D eigenvalue weighted by Gasteiger charge is -2.13. The summed E-state index contributed by atoms with van der Waals surface area (Å²) in [5, 5.41) is 3.10. The fourth-order valence-electron chi connectivity index (χ4n) is 1.74. The molecule has 1 unspecified atom stereocenters. The lowest BCUT2D eigenvalue weighted by molar-refractivity contribution is -0.127. The monoisotopic (exact) mass is 286 g/mol. The van der Waals surface area contributed by atoms with Gasteiger partial charge in [0, 0.05) is 19.3 Å². The van der Waals surface area contributed by atoms with E-state index in [4.69, 9.17) is 0 Å². The van der Waals surface area contributed by atoms with Crippen molar-refractivity contribution in [2.24, 2.45) is 0 Å². The standard InChI is InChI=1S/C11H12BrFN2O/c1-15-5-4-10(11(15)16)14-7-2-3-9(13)8(12)6-7/h2-3,6,10,14H,4-5H2,1H3. The highest BCUT2D eigenvalue weighted by Gasteiger charge is 2.28. The number of anilines is 1. The van der Waals surface area contributed by atoms with Crippen LogP contribution < -0.4 is 5.32 Å². The topological polar surface area (TPSA) is 32.3 Å². The van der Waals surface area contributed by atoms with Crippen molar-refractivity contribution in [1.82, 2.24) is 4.90 Å². The molecule has 1 aliphatic rings. The zero-order chi connectivity index (χ0) is 11.7. The van der Waals surface area contributed by atoms with Gasteiger partial charge >= 0.3 is 0 Å². The third-order valence-electron chi connectivity index (χ3n) is 2.69. The van der Waals surface area contributed by atoms with Crippen LogP contribution in [0.15, 0.2) is 22.7 Å². The van der Waals surface area contributed by atoms with Crippen molar-refractivity contribution in [1.29, 1.82) is 0 Å². The quantitative estimate of drug-likeness (QED) is 0.904. The van der Waals surface area contributed by atoms with E-state index in [0.29, 0.717) is 4.47 Å². The number of nitrogens with one attached hydrogen (secondary N) is 1.